The highest BCUT2D eigenvalue weighted by Gasteiger charge is 2.19. The van der Waals surface area contributed by atoms with Crippen molar-refractivity contribution in [3.8, 4) is 5.88 Å². The number of Topliss-reactive ketones (excluding diaryl/α,β-unsaturated/α-hetero) is 1. The summed E-state index contributed by atoms with van der Waals surface area (Å²) in [5, 5.41) is 17.3. The van der Waals surface area contributed by atoms with Gasteiger partial charge in [0.25, 0.3) is 0 Å². The number of nitrogens with zero attached hydrogens (tertiary/aromatic N) is 4. The van der Waals surface area contributed by atoms with Crippen LogP contribution < -0.4 is 10.4 Å². The van der Waals surface area contributed by atoms with E-state index < -0.39 is 0 Å². The number of aromatic nitrogens is 4. The van der Waals surface area contributed by atoms with Crippen molar-refractivity contribution in [1.29, 1.82) is 5.41 Å². The van der Waals surface area contributed by atoms with Gasteiger partial charge in [0, 0.05) is 18.7 Å². The Morgan fingerprint density at radius 1 is 1.09 bits per heavy atom. The minimum absolute atomic E-state index is 0.0124. The average molecular weight is 484 g/mol. The molecule has 0 amide bonds. The van der Waals surface area contributed by atoms with E-state index in [2.05, 4.69) is 50.9 Å². The summed E-state index contributed by atoms with van der Waals surface area (Å²) in [5.41, 5.74) is 2.90. The lowest BCUT2D eigenvalue weighted by Crippen LogP contribution is -2.27. The molecule has 0 aliphatic rings. The van der Waals surface area contributed by atoms with E-state index in [4.69, 9.17) is 19.6 Å². The Morgan fingerprint density at radius 3 is 2.49 bits per heavy atom. The number of benzene rings is 1. The topological polar surface area (TPSA) is 104 Å². The van der Waals surface area contributed by atoms with Gasteiger partial charge in [-0.15, -0.1) is 10.2 Å². The summed E-state index contributed by atoms with van der Waals surface area (Å²) in [4.78, 5) is 13.3. The number of hydrogen-bond donors (Lipinski definition) is 1. The summed E-state index contributed by atoms with van der Waals surface area (Å²) in [7, 11) is 1.63. The fraction of sp³-hybridized carbons (Fsp3) is 0.538. The number of hydrogen-bond acceptors (Lipinski definition) is 7. The molecule has 9 heteroatoms. The first-order valence-corrected chi connectivity index (χ1v) is 12.1. The van der Waals surface area contributed by atoms with Crippen LogP contribution in [0.3, 0.4) is 0 Å². The molecule has 3 rings (SSSR count). The van der Waals surface area contributed by atoms with Crippen LogP contribution in [0.5, 0.6) is 5.88 Å². The predicted molar refractivity (Wildman–Crippen MR) is 133 cm³/mol. The third kappa shape index (κ3) is 6.76. The Morgan fingerprint density at radius 2 is 1.83 bits per heavy atom. The average Bonchev–Trinajstić information content (AvgIpc) is 3.14. The van der Waals surface area contributed by atoms with Crippen molar-refractivity contribution >= 4 is 11.4 Å². The van der Waals surface area contributed by atoms with E-state index in [1.807, 2.05) is 12.1 Å². The SMILES string of the molecule is CCC(CC)Oc1ccc2nn(CC(=O)c3cc(COCCOC)cc(C(C)(C)C)c3)c(=N)n2n1. The summed E-state index contributed by atoms with van der Waals surface area (Å²) in [6.07, 6.45) is 1.80. The van der Waals surface area contributed by atoms with Gasteiger partial charge in [-0.1, -0.05) is 40.7 Å². The molecule has 1 N–H and O–H groups in total. The highest BCUT2D eigenvalue weighted by Crippen LogP contribution is 2.25. The van der Waals surface area contributed by atoms with Crippen molar-refractivity contribution in [3.63, 3.8) is 0 Å². The molecule has 2 heterocycles. The minimum Gasteiger partial charge on any atom is -0.473 e. The monoisotopic (exact) mass is 483 g/mol. The van der Waals surface area contributed by atoms with Crippen molar-refractivity contribution in [2.75, 3.05) is 20.3 Å². The Hall–Kier alpha value is -3.04. The van der Waals surface area contributed by atoms with Crippen LogP contribution in [0.4, 0.5) is 0 Å². The quantitative estimate of drug-likeness (QED) is 0.309. The van der Waals surface area contributed by atoms with Gasteiger partial charge in [-0.05, 0) is 47.6 Å². The zero-order chi connectivity index (χ0) is 25.6. The summed E-state index contributed by atoms with van der Waals surface area (Å²) in [6.45, 7) is 11.8. The highest BCUT2D eigenvalue weighted by molar-refractivity contribution is 5.96. The number of nitrogens with one attached hydrogen (secondary N) is 1. The summed E-state index contributed by atoms with van der Waals surface area (Å²) in [6, 6.07) is 9.34. The van der Waals surface area contributed by atoms with Gasteiger partial charge in [-0.25, -0.2) is 4.68 Å². The summed E-state index contributed by atoms with van der Waals surface area (Å²) in [5.74, 6) is 0.302. The number of ketones is 1. The third-order valence-corrected chi connectivity index (χ3v) is 5.83. The first kappa shape index (κ1) is 26.6. The predicted octanol–water partition coefficient (Wildman–Crippen LogP) is 3.92. The molecule has 0 radical (unpaired) electrons. The van der Waals surface area contributed by atoms with Crippen LogP contribution >= 0.6 is 0 Å². The molecule has 0 spiro atoms. The van der Waals surface area contributed by atoms with E-state index in [-0.39, 0.29) is 29.5 Å². The highest BCUT2D eigenvalue weighted by atomic mass is 16.5. The van der Waals surface area contributed by atoms with Gasteiger partial charge in [0.2, 0.25) is 11.5 Å². The van der Waals surface area contributed by atoms with Gasteiger partial charge in [-0.3, -0.25) is 10.2 Å². The molecule has 0 bridgehead atoms. The second-order valence-corrected chi connectivity index (χ2v) is 9.62. The van der Waals surface area contributed by atoms with Gasteiger partial charge in [0.15, 0.2) is 11.4 Å². The van der Waals surface area contributed by atoms with Gasteiger partial charge in [0.1, 0.15) is 6.54 Å². The van der Waals surface area contributed by atoms with E-state index in [0.717, 1.165) is 24.0 Å². The largest absolute Gasteiger partial charge is 0.473 e. The van der Waals surface area contributed by atoms with Crippen LogP contribution in [0, 0.1) is 5.41 Å². The molecule has 190 valence electrons. The Labute approximate surface area is 206 Å². The van der Waals surface area contributed by atoms with Crippen LogP contribution in [0.2, 0.25) is 0 Å². The lowest BCUT2D eigenvalue weighted by Gasteiger charge is -2.21. The fourth-order valence-electron chi connectivity index (χ4n) is 3.64. The van der Waals surface area contributed by atoms with Crippen LogP contribution in [0.1, 0.15) is 68.9 Å². The van der Waals surface area contributed by atoms with Crippen molar-refractivity contribution in [3.05, 3.63) is 52.6 Å². The molecule has 1 aromatic carbocycles. The summed E-state index contributed by atoms with van der Waals surface area (Å²) < 4.78 is 19.4. The second-order valence-electron chi connectivity index (χ2n) is 9.62. The molecule has 0 aliphatic heterocycles. The van der Waals surface area contributed by atoms with E-state index in [1.54, 1.807) is 19.2 Å². The van der Waals surface area contributed by atoms with Crippen molar-refractivity contribution < 1.29 is 19.0 Å². The Bertz CT molecular complexity index is 1200. The van der Waals surface area contributed by atoms with Gasteiger partial charge >= 0.3 is 0 Å². The van der Waals surface area contributed by atoms with E-state index in [1.165, 1.54) is 9.20 Å². The first-order chi connectivity index (χ1) is 16.7. The third-order valence-electron chi connectivity index (χ3n) is 5.83. The molecule has 35 heavy (non-hydrogen) atoms. The molecule has 2 aromatic heterocycles. The van der Waals surface area contributed by atoms with E-state index in [9.17, 15) is 4.79 Å². The normalized spacial score (nSPS) is 12.0. The maximum absolute atomic E-state index is 13.3. The van der Waals surface area contributed by atoms with Gasteiger partial charge in [-0.2, -0.15) is 4.52 Å². The van der Waals surface area contributed by atoms with Crippen molar-refractivity contribution in [1.82, 2.24) is 19.4 Å². The Kier molecular flexibility index (Phi) is 8.80. The zero-order valence-corrected chi connectivity index (χ0v) is 21.6. The smallest absolute Gasteiger partial charge is 0.242 e. The lowest BCUT2D eigenvalue weighted by molar-refractivity contribution is 0.0616. The van der Waals surface area contributed by atoms with Crippen LogP contribution in [-0.4, -0.2) is 51.6 Å². The molecule has 3 aromatic rings. The maximum atomic E-state index is 13.3. The van der Waals surface area contributed by atoms with Gasteiger partial charge < -0.3 is 14.2 Å². The molecule has 0 aliphatic carbocycles. The summed E-state index contributed by atoms with van der Waals surface area (Å²) >= 11 is 0. The standard InChI is InChI=1S/C26H37N5O4/c1-7-21(8-2)35-24-10-9-23-28-30(25(27)31(23)29-24)16-22(32)19-13-18(17-34-12-11-33-6)14-20(15-19)26(3,4)5/h9-10,13-15,21,27H,7-8,11-12,16-17H2,1-6H3. The molecule has 0 unspecified atom stereocenters. The van der Waals surface area contributed by atoms with Crippen LogP contribution in [-0.2, 0) is 28.0 Å². The molecular formula is C26H37N5O4. The first-order valence-electron chi connectivity index (χ1n) is 12.1. The minimum atomic E-state index is -0.135. The molecule has 0 saturated carbocycles. The number of carbonyl (C=O) groups is 1. The molecule has 0 fully saturated rings. The van der Waals surface area contributed by atoms with Gasteiger partial charge in [0.05, 0.1) is 25.9 Å². The lowest BCUT2D eigenvalue weighted by atomic mass is 9.84. The molecule has 9 nitrogen and oxygen atoms in total. The van der Waals surface area contributed by atoms with Crippen molar-refractivity contribution in [2.24, 2.45) is 0 Å². The zero-order valence-electron chi connectivity index (χ0n) is 21.6. The second kappa shape index (κ2) is 11.6. The van der Waals surface area contributed by atoms with E-state index >= 15 is 0 Å². The molecule has 0 saturated heterocycles. The number of rotatable bonds is 12. The van der Waals surface area contributed by atoms with Crippen molar-refractivity contribution in [2.45, 2.75) is 72.1 Å². The number of fused-ring (bicyclic) bond motifs is 1. The van der Waals surface area contributed by atoms with Crippen LogP contribution in [0.15, 0.2) is 30.3 Å². The number of ether oxygens (including phenoxy) is 3. The number of carbonyl (C=O) groups excluding carboxylic acids is 1. The number of methoxy groups -OCH3 is 1. The van der Waals surface area contributed by atoms with Crippen LogP contribution in [0.25, 0.3) is 5.65 Å². The molecule has 0 atom stereocenters. The van der Waals surface area contributed by atoms with E-state index in [0.29, 0.717) is 36.9 Å². The Balaban J connectivity index is 1.85. The maximum Gasteiger partial charge on any atom is 0.242 e. The fourth-order valence-corrected chi connectivity index (χ4v) is 3.64. The molecular weight excluding hydrogens is 446 g/mol.